The van der Waals surface area contributed by atoms with E-state index in [0.717, 1.165) is 23.1 Å². The molecule has 4 rings (SSSR count). The summed E-state index contributed by atoms with van der Waals surface area (Å²) in [5.41, 5.74) is 6.62. The Morgan fingerprint density at radius 2 is 1.55 bits per heavy atom. The minimum atomic E-state index is -0.849. The van der Waals surface area contributed by atoms with Crippen LogP contribution >= 0.6 is 0 Å². The number of rotatable bonds is 7. The highest BCUT2D eigenvalue weighted by Crippen LogP contribution is 2.36. The molecule has 0 heterocycles. The lowest BCUT2D eigenvalue weighted by atomic mass is 10.0. The van der Waals surface area contributed by atoms with Crippen molar-refractivity contribution in [3.05, 3.63) is 94.5 Å². The molecule has 1 aliphatic rings. The quantitative estimate of drug-likeness (QED) is 0.332. The fourth-order valence-electron chi connectivity index (χ4n) is 4.03. The molecule has 0 saturated heterocycles. The standard InChI is InChI=1S/C28H27NO4/c1-17(2)26(29-27(31)19-10-8-18(3)9-11-19)28(32)33-16-25(30)22-13-12-21-14-20-6-4-5-7-23(20)24(21)15-22/h4-13,15,17,26H,14,16H2,1-3H3,(H,29,31). The molecule has 1 atom stereocenters. The minimum Gasteiger partial charge on any atom is -0.456 e. The van der Waals surface area contributed by atoms with Crippen LogP contribution in [0.25, 0.3) is 11.1 Å². The van der Waals surface area contributed by atoms with Gasteiger partial charge in [-0.15, -0.1) is 0 Å². The number of fused-ring (bicyclic) bond motifs is 3. The average molecular weight is 442 g/mol. The van der Waals surface area contributed by atoms with Crippen LogP contribution in [0.15, 0.2) is 66.7 Å². The highest BCUT2D eigenvalue weighted by Gasteiger charge is 2.27. The average Bonchev–Trinajstić information content (AvgIpc) is 3.18. The van der Waals surface area contributed by atoms with Crippen molar-refractivity contribution in [2.45, 2.75) is 33.2 Å². The molecule has 0 bridgehead atoms. The maximum Gasteiger partial charge on any atom is 0.329 e. The summed E-state index contributed by atoms with van der Waals surface area (Å²) in [5.74, 6) is -1.44. The Kier molecular flexibility index (Phi) is 6.40. The van der Waals surface area contributed by atoms with Gasteiger partial charge in [-0.25, -0.2) is 4.79 Å². The molecule has 3 aromatic carbocycles. The summed E-state index contributed by atoms with van der Waals surface area (Å²) in [7, 11) is 0. The number of amides is 1. The van der Waals surface area contributed by atoms with Crippen LogP contribution in [0.1, 0.15) is 51.3 Å². The van der Waals surface area contributed by atoms with Gasteiger partial charge in [-0.1, -0.05) is 67.9 Å². The topological polar surface area (TPSA) is 72.5 Å². The number of carbonyl (C=O) groups excluding carboxylic acids is 3. The third-order valence-corrected chi connectivity index (χ3v) is 5.99. The fraction of sp³-hybridized carbons (Fsp3) is 0.250. The van der Waals surface area contributed by atoms with Crippen molar-refractivity contribution < 1.29 is 19.1 Å². The molecule has 0 saturated carbocycles. The first kappa shape index (κ1) is 22.5. The van der Waals surface area contributed by atoms with E-state index in [1.54, 1.807) is 18.2 Å². The summed E-state index contributed by atoms with van der Waals surface area (Å²) >= 11 is 0. The van der Waals surface area contributed by atoms with E-state index in [-0.39, 0.29) is 24.2 Å². The van der Waals surface area contributed by atoms with Crippen molar-refractivity contribution in [3.63, 3.8) is 0 Å². The van der Waals surface area contributed by atoms with Crippen LogP contribution in [-0.4, -0.2) is 30.3 Å². The van der Waals surface area contributed by atoms with Gasteiger partial charge in [-0.3, -0.25) is 9.59 Å². The highest BCUT2D eigenvalue weighted by atomic mass is 16.5. The monoisotopic (exact) mass is 441 g/mol. The molecule has 1 unspecified atom stereocenters. The number of aryl methyl sites for hydroxylation is 1. The van der Waals surface area contributed by atoms with Crippen molar-refractivity contribution >= 4 is 17.7 Å². The Bertz CT molecular complexity index is 1210. The molecule has 5 heteroatoms. The molecular formula is C28H27NO4. The Morgan fingerprint density at radius 1 is 0.879 bits per heavy atom. The van der Waals surface area contributed by atoms with E-state index >= 15 is 0 Å². The molecule has 1 amide bonds. The fourth-order valence-corrected chi connectivity index (χ4v) is 4.03. The second kappa shape index (κ2) is 9.41. The lowest BCUT2D eigenvalue weighted by molar-refractivity contribution is -0.145. The normalized spacial score (nSPS) is 12.6. The maximum atomic E-state index is 12.8. The lowest BCUT2D eigenvalue weighted by Gasteiger charge is -2.21. The molecule has 5 nitrogen and oxygen atoms in total. The zero-order valence-electron chi connectivity index (χ0n) is 19.1. The van der Waals surface area contributed by atoms with Gasteiger partial charge < -0.3 is 10.1 Å². The first-order valence-electron chi connectivity index (χ1n) is 11.1. The summed E-state index contributed by atoms with van der Waals surface area (Å²) in [5, 5.41) is 2.74. The van der Waals surface area contributed by atoms with Crippen LogP contribution in [0.3, 0.4) is 0 Å². The summed E-state index contributed by atoms with van der Waals surface area (Å²) in [6, 6.07) is 20.0. The molecule has 3 aromatic rings. The number of nitrogens with one attached hydrogen (secondary N) is 1. The van der Waals surface area contributed by atoms with Crippen LogP contribution < -0.4 is 5.32 Å². The number of benzene rings is 3. The van der Waals surface area contributed by atoms with Gasteiger partial charge in [0, 0.05) is 11.1 Å². The Morgan fingerprint density at radius 3 is 2.27 bits per heavy atom. The second-order valence-corrected chi connectivity index (χ2v) is 8.80. The van der Waals surface area contributed by atoms with Crippen LogP contribution in [-0.2, 0) is 16.0 Å². The molecule has 0 fully saturated rings. The molecule has 0 radical (unpaired) electrons. The maximum absolute atomic E-state index is 12.8. The third kappa shape index (κ3) is 4.87. The first-order chi connectivity index (χ1) is 15.8. The zero-order chi connectivity index (χ0) is 23.5. The molecule has 0 aliphatic heterocycles. The largest absolute Gasteiger partial charge is 0.456 e. The number of Topliss-reactive ketones (excluding diaryl/α,β-unsaturated/α-hetero) is 1. The van der Waals surface area contributed by atoms with E-state index in [9.17, 15) is 14.4 Å². The molecule has 1 N–H and O–H groups in total. The molecule has 168 valence electrons. The predicted octanol–water partition coefficient (Wildman–Crippen LogP) is 4.75. The summed E-state index contributed by atoms with van der Waals surface area (Å²) in [6.07, 6.45) is 0.853. The van der Waals surface area contributed by atoms with Crippen molar-refractivity contribution in [3.8, 4) is 11.1 Å². The molecule has 0 aromatic heterocycles. The van der Waals surface area contributed by atoms with Gasteiger partial charge in [0.2, 0.25) is 0 Å². The van der Waals surface area contributed by atoms with Crippen molar-refractivity contribution in [2.75, 3.05) is 6.61 Å². The van der Waals surface area contributed by atoms with E-state index in [1.807, 2.05) is 57.2 Å². The molecule has 0 spiro atoms. The lowest BCUT2D eigenvalue weighted by Crippen LogP contribution is -2.45. The van der Waals surface area contributed by atoms with Gasteiger partial charge in [0.05, 0.1) is 0 Å². The van der Waals surface area contributed by atoms with Crippen molar-refractivity contribution in [2.24, 2.45) is 5.92 Å². The Labute approximate surface area is 193 Å². The number of ketones is 1. The highest BCUT2D eigenvalue weighted by molar-refractivity contribution is 6.00. The van der Waals surface area contributed by atoms with Crippen LogP contribution in [0.4, 0.5) is 0 Å². The van der Waals surface area contributed by atoms with Gasteiger partial charge >= 0.3 is 5.97 Å². The first-order valence-corrected chi connectivity index (χ1v) is 11.1. The molecule has 33 heavy (non-hydrogen) atoms. The SMILES string of the molecule is Cc1ccc(C(=O)NC(C(=O)OCC(=O)c2ccc3c(c2)-c2ccccc2C3)C(C)C)cc1. The number of esters is 1. The van der Waals surface area contributed by atoms with E-state index in [2.05, 4.69) is 17.4 Å². The van der Waals surface area contributed by atoms with E-state index in [4.69, 9.17) is 4.74 Å². The summed E-state index contributed by atoms with van der Waals surface area (Å²) in [4.78, 5) is 38.0. The van der Waals surface area contributed by atoms with Crippen molar-refractivity contribution in [1.29, 1.82) is 0 Å². The number of hydrogen-bond acceptors (Lipinski definition) is 4. The Hall–Kier alpha value is -3.73. The third-order valence-electron chi connectivity index (χ3n) is 5.99. The summed E-state index contributed by atoms with van der Waals surface area (Å²) in [6.45, 7) is 5.21. The summed E-state index contributed by atoms with van der Waals surface area (Å²) < 4.78 is 5.32. The smallest absolute Gasteiger partial charge is 0.329 e. The van der Waals surface area contributed by atoms with Crippen LogP contribution in [0, 0.1) is 12.8 Å². The minimum absolute atomic E-state index is 0.196. The molecular weight excluding hydrogens is 414 g/mol. The predicted molar refractivity (Wildman–Crippen MR) is 127 cm³/mol. The van der Waals surface area contributed by atoms with E-state index in [1.165, 1.54) is 11.1 Å². The Balaban J connectivity index is 1.40. The van der Waals surface area contributed by atoms with Gasteiger partial charge in [0.15, 0.2) is 12.4 Å². The zero-order valence-corrected chi connectivity index (χ0v) is 19.1. The van der Waals surface area contributed by atoms with Crippen LogP contribution in [0.5, 0.6) is 0 Å². The van der Waals surface area contributed by atoms with Gasteiger partial charge in [-0.05, 0) is 59.7 Å². The number of ether oxygens (including phenoxy) is 1. The van der Waals surface area contributed by atoms with E-state index < -0.39 is 12.0 Å². The van der Waals surface area contributed by atoms with Crippen LogP contribution in [0.2, 0.25) is 0 Å². The van der Waals surface area contributed by atoms with E-state index in [0.29, 0.717) is 11.1 Å². The number of hydrogen-bond donors (Lipinski definition) is 1. The molecule has 1 aliphatic carbocycles. The van der Waals surface area contributed by atoms with Gasteiger partial charge in [0.1, 0.15) is 6.04 Å². The van der Waals surface area contributed by atoms with Crippen molar-refractivity contribution in [1.82, 2.24) is 5.32 Å². The second-order valence-electron chi connectivity index (χ2n) is 8.80. The number of carbonyl (C=O) groups is 3. The van der Waals surface area contributed by atoms with Gasteiger partial charge in [0.25, 0.3) is 5.91 Å². The van der Waals surface area contributed by atoms with Gasteiger partial charge in [-0.2, -0.15) is 0 Å².